The molecule has 5 nitrogen and oxygen atoms in total. The van der Waals surface area contributed by atoms with Gasteiger partial charge in [-0.3, -0.25) is 9.78 Å². The number of rotatable bonds is 11. The number of benzene rings is 2. The van der Waals surface area contributed by atoms with Gasteiger partial charge in [0.05, 0.1) is 5.41 Å². The van der Waals surface area contributed by atoms with E-state index in [0.29, 0.717) is 18.0 Å². The second kappa shape index (κ2) is 12.7. The molecule has 2 unspecified atom stereocenters. The Hall–Kier alpha value is -3.44. The number of hydrogen-bond donors (Lipinski definition) is 2. The molecule has 2 saturated heterocycles. The number of H-pyrrole nitrogens is 1. The zero-order valence-electron chi connectivity index (χ0n) is 26.5. The van der Waals surface area contributed by atoms with Crippen LogP contribution in [0.15, 0.2) is 60.9 Å². The number of nitrogens with zero attached hydrogens (tertiary/aromatic N) is 2. The van der Waals surface area contributed by atoms with Crippen LogP contribution in [0.5, 0.6) is 0 Å². The third-order valence-corrected chi connectivity index (χ3v) is 9.97. The second-order valence-corrected chi connectivity index (χ2v) is 13.6. The van der Waals surface area contributed by atoms with Crippen LogP contribution in [0, 0.1) is 13.8 Å². The lowest BCUT2D eigenvalue weighted by Gasteiger charge is -2.40. The molecule has 4 aromatic rings. The third-order valence-electron chi connectivity index (χ3n) is 9.97. The molecule has 0 saturated carbocycles. The number of fused-ring (bicyclic) bond motifs is 3. The Morgan fingerprint density at radius 2 is 1.63 bits per heavy atom. The molecular formula is C38H48N4O. The van der Waals surface area contributed by atoms with Crippen LogP contribution < -0.4 is 5.32 Å². The van der Waals surface area contributed by atoms with Gasteiger partial charge in [-0.25, -0.2) is 0 Å². The summed E-state index contributed by atoms with van der Waals surface area (Å²) in [5.41, 5.74) is 9.39. The first-order chi connectivity index (χ1) is 20.8. The van der Waals surface area contributed by atoms with Gasteiger partial charge in [0.1, 0.15) is 0 Å². The summed E-state index contributed by atoms with van der Waals surface area (Å²) in [6.07, 6.45) is 14.0. The maximum Gasteiger partial charge on any atom is 0.233 e. The molecule has 4 heterocycles. The van der Waals surface area contributed by atoms with Crippen LogP contribution in [0.1, 0.15) is 86.6 Å². The maximum atomic E-state index is 14.1. The molecular weight excluding hydrogens is 528 g/mol. The van der Waals surface area contributed by atoms with Gasteiger partial charge in [0.25, 0.3) is 0 Å². The molecule has 226 valence electrons. The van der Waals surface area contributed by atoms with Crippen LogP contribution in [-0.4, -0.2) is 45.9 Å². The summed E-state index contributed by atoms with van der Waals surface area (Å²) >= 11 is 0. The highest BCUT2D eigenvalue weighted by atomic mass is 16.2. The molecule has 2 aromatic carbocycles. The van der Waals surface area contributed by atoms with Gasteiger partial charge in [0.15, 0.2) is 0 Å². The minimum Gasteiger partial charge on any atom is -0.354 e. The van der Waals surface area contributed by atoms with Crippen molar-refractivity contribution in [3.8, 4) is 11.3 Å². The van der Waals surface area contributed by atoms with Crippen molar-refractivity contribution in [2.45, 2.75) is 103 Å². The number of aromatic nitrogens is 2. The van der Waals surface area contributed by atoms with E-state index in [4.69, 9.17) is 0 Å². The number of carbonyl (C=O) groups excluding carboxylic acids is 1. The van der Waals surface area contributed by atoms with Crippen molar-refractivity contribution in [2.24, 2.45) is 0 Å². The van der Waals surface area contributed by atoms with Crippen LogP contribution in [0.3, 0.4) is 0 Å². The van der Waals surface area contributed by atoms with E-state index in [1.807, 2.05) is 12.4 Å². The fourth-order valence-corrected chi connectivity index (χ4v) is 7.62. The molecule has 2 N–H and O–H groups in total. The summed E-state index contributed by atoms with van der Waals surface area (Å²) in [6, 6.07) is 18.6. The molecule has 2 aromatic heterocycles. The predicted molar refractivity (Wildman–Crippen MR) is 177 cm³/mol. The largest absolute Gasteiger partial charge is 0.354 e. The summed E-state index contributed by atoms with van der Waals surface area (Å²) < 4.78 is 0. The standard InChI is InChI=1S/C38H48N4O/c1-26-22-27(2)24-29(23-26)36-33(17-21-39-18-6-5-8-28-15-19-40-20-16-28)34-25-30(11-14-35(34)41-36)38(3,4)37(43)42-31-9-7-10-32(42)13-12-31/h11,14-16,19-20,22-25,31-32,39,41H,5-10,12-13,17-18,21H2,1-4H3. The highest BCUT2D eigenvalue weighted by Gasteiger charge is 2.45. The van der Waals surface area contributed by atoms with Crippen molar-refractivity contribution in [3.63, 3.8) is 0 Å². The Kier molecular flexibility index (Phi) is 8.72. The zero-order chi connectivity index (χ0) is 30.0. The predicted octanol–water partition coefficient (Wildman–Crippen LogP) is 7.82. The molecule has 2 atom stereocenters. The average molecular weight is 577 g/mol. The quantitative estimate of drug-likeness (QED) is 0.179. The average Bonchev–Trinajstić information content (AvgIpc) is 3.48. The molecule has 6 rings (SSSR count). The van der Waals surface area contributed by atoms with Crippen molar-refractivity contribution in [1.82, 2.24) is 20.2 Å². The summed E-state index contributed by atoms with van der Waals surface area (Å²) in [4.78, 5) is 24.3. The minimum absolute atomic E-state index is 0.305. The molecule has 1 amide bonds. The lowest BCUT2D eigenvalue weighted by atomic mass is 9.81. The topological polar surface area (TPSA) is 61.0 Å². The fraction of sp³-hybridized carbons (Fsp3) is 0.474. The molecule has 5 heteroatoms. The van der Waals surface area contributed by atoms with E-state index < -0.39 is 5.41 Å². The zero-order valence-corrected chi connectivity index (χ0v) is 26.5. The van der Waals surface area contributed by atoms with Crippen molar-refractivity contribution >= 4 is 16.8 Å². The van der Waals surface area contributed by atoms with Crippen molar-refractivity contribution in [3.05, 3.63) is 88.7 Å². The van der Waals surface area contributed by atoms with Gasteiger partial charge in [-0.2, -0.15) is 0 Å². The van der Waals surface area contributed by atoms with E-state index in [1.165, 1.54) is 64.6 Å². The van der Waals surface area contributed by atoms with Crippen LogP contribution in [0.25, 0.3) is 22.2 Å². The van der Waals surface area contributed by atoms with Gasteiger partial charge in [-0.1, -0.05) is 23.3 Å². The Morgan fingerprint density at radius 1 is 0.907 bits per heavy atom. The summed E-state index contributed by atoms with van der Waals surface area (Å²) in [5, 5.41) is 4.96. The summed E-state index contributed by atoms with van der Waals surface area (Å²) in [5.74, 6) is 0.305. The van der Waals surface area contributed by atoms with Crippen molar-refractivity contribution < 1.29 is 4.79 Å². The third kappa shape index (κ3) is 6.28. The molecule has 0 aliphatic carbocycles. The number of hydrogen-bond acceptors (Lipinski definition) is 3. The fourth-order valence-electron chi connectivity index (χ4n) is 7.62. The molecule has 2 fully saturated rings. The van der Waals surface area contributed by atoms with E-state index in [1.54, 1.807) is 0 Å². The van der Waals surface area contributed by atoms with Crippen LogP contribution >= 0.6 is 0 Å². The highest BCUT2D eigenvalue weighted by Crippen LogP contribution is 2.41. The summed E-state index contributed by atoms with van der Waals surface area (Å²) in [7, 11) is 0. The Balaban J connectivity index is 1.23. The van der Waals surface area contributed by atoms with Crippen LogP contribution in [0.4, 0.5) is 0 Å². The second-order valence-electron chi connectivity index (χ2n) is 13.6. The number of unbranched alkanes of at least 4 members (excludes halogenated alkanes) is 1. The lowest BCUT2D eigenvalue weighted by molar-refractivity contribution is -0.140. The number of nitrogens with one attached hydrogen (secondary N) is 2. The van der Waals surface area contributed by atoms with Crippen LogP contribution in [-0.2, 0) is 23.1 Å². The lowest BCUT2D eigenvalue weighted by Crippen LogP contribution is -2.51. The van der Waals surface area contributed by atoms with Gasteiger partial charge in [-0.15, -0.1) is 0 Å². The molecule has 2 aliphatic rings. The SMILES string of the molecule is Cc1cc(C)cc(-c2[nH]c3ccc(C(C)(C)C(=O)N4C5CCCC4CC5)cc3c2CCNCCCCc2ccncc2)c1. The van der Waals surface area contributed by atoms with E-state index in [9.17, 15) is 4.79 Å². The molecule has 2 bridgehead atoms. The van der Waals surface area contributed by atoms with Gasteiger partial charge in [0, 0.05) is 41.1 Å². The maximum absolute atomic E-state index is 14.1. The smallest absolute Gasteiger partial charge is 0.233 e. The Bertz CT molecular complexity index is 1530. The number of aromatic amines is 1. The molecule has 0 spiro atoms. The van der Waals surface area contributed by atoms with Gasteiger partial charge >= 0.3 is 0 Å². The van der Waals surface area contributed by atoms with Gasteiger partial charge in [0.2, 0.25) is 5.91 Å². The number of pyridine rings is 1. The number of piperidine rings is 1. The number of aryl methyl sites for hydroxylation is 3. The Labute approximate surface area is 257 Å². The minimum atomic E-state index is -0.561. The van der Waals surface area contributed by atoms with Crippen molar-refractivity contribution in [1.29, 1.82) is 0 Å². The normalized spacial score (nSPS) is 18.5. The van der Waals surface area contributed by atoms with Crippen molar-refractivity contribution in [2.75, 3.05) is 13.1 Å². The number of amides is 1. The summed E-state index contributed by atoms with van der Waals surface area (Å²) in [6.45, 7) is 10.5. The monoisotopic (exact) mass is 576 g/mol. The highest BCUT2D eigenvalue weighted by molar-refractivity contribution is 5.94. The molecule has 43 heavy (non-hydrogen) atoms. The first-order valence-electron chi connectivity index (χ1n) is 16.5. The van der Waals surface area contributed by atoms with E-state index >= 15 is 0 Å². The molecule has 2 aliphatic heterocycles. The van der Waals surface area contributed by atoms with E-state index in [0.717, 1.165) is 56.3 Å². The van der Waals surface area contributed by atoms with E-state index in [2.05, 4.69) is 96.4 Å². The van der Waals surface area contributed by atoms with Crippen LogP contribution in [0.2, 0.25) is 0 Å². The van der Waals surface area contributed by atoms with E-state index in [-0.39, 0.29) is 0 Å². The molecule has 0 radical (unpaired) electrons. The number of carbonyl (C=O) groups is 1. The first kappa shape index (κ1) is 29.6. The first-order valence-corrected chi connectivity index (χ1v) is 16.5. The Morgan fingerprint density at radius 3 is 2.35 bits per heavy atom. The van der Waals surface area contributed by atoms with Gasteiger partial charge in [-0.05, 0) is 157 Å². The van der Waals surface area contributed by atoms with Gasteiger partial charge < -0.3 is 15.2 Å².